The normalized spacial score (nSPS) is 35.5. The van der Waals surface area contributed by atoms with Crippen LogP contribution in [0.4, 0.5) is 0 Å². The van der Waals surface area contributed by atoms with Crippen molar-refractivity contribution in [2.24, 2.45) is 11.8 Å². The molecule has 0 aromatic rings. The molecule has 2 aliphatic rings. The first kappa shape index (κ1) is 13.8. The van der Waals surface area contributed by atoms with Gasteiger partial charge in [0.05, 0.1) is 12.0 Å². The number of Topliss-reactive ketones (excluding diaryl/α,β-unsaturated/α-hetero) is 1. The zero-order chi connectivity index (χ0) is 14.5. The summed E-state index contributed by atoms with van der Waals surface area (Å²) in [6.07, 6.45) is -1.70. The lowest BCUT2D eigenvalue weighted by atomic mass is 9.72. The van der Waals surface area contributed by atoms with Crippen molar-refractivity contribution in [1.29, 1.82) is 0 Å². The quantitative estimate of drug-likeness (QED) is 0.607. The van der Waals surface area contributed by atoms with E-state index in [2.05, 4.69) is 0 Å². The minimum atomic E-state index is -1.50. The third-order valence-corrected chi connectivity index (χ3v) is 3.94. The number of allylic oxidation sites excluding steroid dienone is 1. The maximum absolute atomic E-state index is 12.1. The number of carboxylic acid groups (broad SMARTS) is 1. The average Bonchev–Trinajstić information content (AvgIpc) is 2.30. The second-order valence-electron chi connectivity index (χ2n) is 4.97. The lowest BCUT2D eigenvalue weighted by molar-refractivity contribution is -0.187. The lowest BCUT2D eigenvalue weighted by Gasteiger charge is -2.41. The van der Waals surface area contributed by atoms with Crippen molar-refractivity contribution < 1.29 is 29.6 Å². The van der Waals surface area contributed by atoms with Crippen LogP contribution in [-0.2, 0) is 14.3 Å². The number of aliphatic carboxylic acids is 1. The second-order valence-corrected chi connectivity index (χ2v) is 4.97. The van der Waals surface area contributed by atoms with Crippen LogP contribution in [0.15, 0.2) is 22.5 Å². The average molecular weight is 268 g/mol. The van der Waals surface area contributed by atoms with Crippen LogP contribution in [0.25, 0.3) is 0 Å². The van der Waals surface area contributed by atoms with Crippen molar-refractivity contribution in [2.45, 2.75) is 33.2 Å². The molecule has 0 radical (unpaired) electrons. The Morgan fingerprint density at radius 1 is 1.32 bits per heavy atom. The number of ether oxygens (including phenoxy) is 1. The van der Waals surface area contributed by atoms with Gasteiger partial charge in [-0.05, 0) is 25.0 Å². The van der Waals surface area contributed by atoms with Gasteiger partial charge in [-0.25, -0.2) is 4.79 Å². The predicted octanol–water partition coefficient (Wildman–Crippen LogP) is 0.772. The van der Waals surface area contributed by atoms with Crippen molar-refractivity contribution in [3.8, 4) is 0 Å². The number of fused-ring (bicyclic) bond motifs is 1. The Bertz CT molecular complexity index is 515. The summed E-state index contributed by atoms with van der Waals surface area (Å²) in [6.45, 7) is 5.12. The Hall–Kier alpha value is -1.66. The fraction of sp³-hybridized carbons (Fsp3) is 0.538. The highest BCUT2D eigenvalue weighted by molar-refractivity contribution is 6.20. The first-order chi connectivity index (χ1) is 8.77. The number of carboxylic acids is 1. The van der Waals surface area contributed by atoms with Crippen LogP contribution in [0.1, 0.15) is 20.8 Å². The number of carbonyl (C=O) groups is 2. The minimum Gasteiger partial charge on any atom is -0.507 e. The van der Waals surface area contributed by atoms with Crippen molar-refractivity contribution in [3.63, 3.8) is 0 Å². The molecule has 4 atom stereocenters. The first-order valence-electron chi connectivity index (χ1n) is 6.02. The van der Waals surface area contributed by atoms with Gasteiger partial charge >= 0.3 is 5.97 Å². The second kappa shape index (κ2) is 4.47. The van der Waals surface area contributed by atoms with E-state index in [9.17, 15) is 19.8 Å². The molecule has 3 N–H and O–H groups in total. The van der Waals surface area contributed by atoms with Gasteiger partial charge in [0.1, 0.15) is 11.3 Å². The Balaban J connectivity index is 2.65. The lowest BCUT2D eigenvalue weighted by Crippen LogP contribution is -2.47. The molecule has 6 nitrogen and oxygen atoms in total. The van der Waals surface area contributed by atoms with Crippen molar-refractivity contribution in [1.82, 2.24) is 0 Å². The highest BCUT2D eigenvalue weighted by atomic mass is 16.6. The highest BCUT2D eigenvalue weighted by Gasteiger charge is 2.48. The third-order valence-electron chi connectivity index (χ3n) is 3.94. The fourth-order valence-electron chi connectivity index (χ4n) is 2.75. The van der Waals surface area contributed by atoms with E-state index in [1.54, 1.807) is 13.8 Å². The summed E-state index contributed by atoms with van der Waals surface area (Å²) in [7, 11) is 0. The number of aliphatic hydroxyl groups is 2. The van der Waals surface area contributed by atoms with Gasteiger partial charge in [-0.2, -0.15) is 0 Å². The van der Waals surface area contributed by atoms with E-state index in [1.165, 1.54) is 0 Å². The van der Waals surface area contributed by atoms with Crippen LogP contribution < -0.4 is 0 Å². The number of carbonyl (C=O) groups excluding carboxylic acids is 1. The molecule has 0 spiro atoms. The third kappa shape index (κ3) is 1.87. The molecule has 0 aromatic heterocycles. The van der Waals surface area contributed by atoms with E-state index < -0.39 is 35.3 Å². The Morgan fingerprint density at radius 2 is 1.89 bits per heavy atom. The number of aliphatic hydroxyl groups excluding tert-OH is 2. The molecule has 0 aromatic carbocycles. The molecule has 2 rings (SSSR count). The number of hydrogen-bond acceptors (Lipinski definition) is 5. The number of rotatable bonds is 1. The van der Waals surface area contributed by atoms with E-state index >= 15 is 0 Å². The summed E-state index contributed by atoms with van der Waals surface area (Å²) in [6, 6.07) is 0. The Kier molecular flexibility index (Phi) is 3.24. The molecule has 19 heavy (non-hydrogen) atoms. The monoisotopic (exact) mass is 268 g/mol. The predicted molar refractivity (Wildman–Crippen MR) is 64.2 cm³/mol. The summed E-state index contributed by atoms with van der Waals surface area (Å²) in [5.74, 6) is -4.06. The van der Waals surface area contributed by atoms with Gasteiger partial charge in [0.2, 0.25) is 0 Å². The smallest absolute Gasteiger partial charge is 0.343 e. The SMILES string of the molecule is CC1=C2C(C(=O)C(C(=O)O)=C1O)C(O)O[C@H](C)[C@H]2C. The van der Waals surface area contributed by atoms with Gasteiger partial charge in [-0.1, -0.05) is 6.92 Å². The van der Waals surface area contributed by atoms with Gasteiger partial charge in [0, 0.05) is 5.92 Å². The summed E-state index contributed by atoms with van der Waals surface area (Å²) in [5, 5.41) is 28.8. The summed E-state index contributed by atoms with van der Waals surface area (Å²) < 4.78 is 5.25. The summed E-state index contributed by atoms with van der Waals surface area (Å²) >= 11 is 0. The highest BCUT2D eigenvalue weighted by Crippen LogP contribution is 2.42. The largest absolute Gasteiger partial charge is 0.507 e. The van der Waals surface area contributed by atoms with Gasteiger partial charge in [-0.3, -0.25) is 4.79 Å². The molecular weight excluding hydrogens is 252 g/mol. The molecular formula is C13H16O6. The molecule has 6 heteroatoms. The maximum Gasteiger partial charge on any atom is 0.343 e. The summed E-state index contributed by atoms with van der Waals surface area (Å²) in [5.41, 5.74) is 0.207. The number of ketones is 1. The molecule has 1 aliphatic heterocycles. The van der Waals surface area contributed by atoms with E-state index in [-0.39, 0.29) is 12.0 Å². The van der Waals surface area contributed by atoms with Crippen LogP contribution in [0.2, 0.25) is 0 Å². The molecule has 1 heterocycles. The zero-order valence-electron chi connectivity index (χ0n) is 10.9. The topological polar surface area (TPSA) is 104 Å². The summed E-state index contributed by atoms with van der Waals surface area (Å²) in [4.78, 5) is 23.2. The van der Waals surface area contributed by atoms with Crippen molar-refractivity contribution >= 4 is 11.8 Å². The van der Waals surface area contributed by atoms with E-state index in [1.807, 2.05) is 6.92 Å². The molecule has 0 amide bonds. The molecule has 1 fully saturated rings. The molecule has 1 aliphatic carbocycles. The molecule has 1 saturated heterocycles. The van der Waals surface area contributed by atoms with Crippen LogP contribution in [-0.4, -0.2) is 39.5 Å². The van der Waals surface area contributed by atoms with Gasteiger partial charge in [0.15, 0.2) is 12.1 Å². The van der Waals surface area contributed by atoms with E-state index in [0.29, 0.717) is 11.1 Å². The standard InChI is InChI=1S/C13H16O6/c1-4-6(3)19-13(18)8-7(4)5(2)10(14)9(11(8)15)12(16)17/h4,6,8,13-14,18H,1-3H3,(H,16,17)/t4-,6-,8?,13?/m1/s1. The minimum absolute atomic E-state index is 0.185. The van der Waals surface area contributed by atoms with Crippen LogP contribution in [0, 0.1) is 11.8 Å². The molecule has 104 valence electrons. The van der Waals surface area contributed by atoms with Crippen molar-refractivity contribution in [3.05, 3.63) is 22.5 Å². The molecule has 0 saturated carbocycles. The van der Waals surface area contributed by atoms with Gasteiger partial charge in [0.25, 0.3) is 0 Å². The Labute approximate surface area is 110 Å². The van der Waals surface area contributed by atoms with Crippen LogP contribution >= 0.6 is 0 Å². The zero-order valence-corrected chi connectivity index (χ0v) is 10.9. The Morgan fingerprint density at radius 3 is 2.42 bits per heavy atom. The number of hydrogen-bond donors (Lipinski definition) is 3. The first-order valence-corrected chi connectivity index (χ1v) is 6.02. The van der Waals surface area contributed by atoms with Crippen LogP contribution in [0.3, 0.4) is 0 Å². The van der Waals surface area contributed by atoms with Crippen molar-refractivity contribution in [2.75, 3.05) is 0 Å². The van der Waals surface area contributed by atoms with Gasteiger partial charge in [-0.15, -0.1) is 0 Å². The van der Waals surface area contributed by atoms with E-state index in [0.717, 1.165) is 0 Å². The van der Waals surface area contributed by atoms with Gasteiger partial charge < -0.3 is 20.1 Å². The van der Waals surface area contributed by atoms with E-state index in [4.69, 9.17) is 9.84 Å². The molecule has 2 unspecified atom stereocenters. The van der Waals surface area contributed by atoms with Crippen LogP contribution in [0.5, 0.6) is 0 Å². The maximum atomic E-state index is 12.1. The molecule has 0 bridgehead atoms. The fourth-order valence-corrected chi connectivity index (χ4v) is 2.75.